The SMILES string of the molecule is CC(C)(C)OCc1nc(Cl)ccc1Cl. The van der Waals surface area contributed by atoms with Crippen LogP contribution in [0.3, 0.4) is 0 Å². The van der Waals surface area contributed by atoms with Crippen LogP contribution in [0.25, 0.3) is 0 Å². The quantitative estimate of drug-likeness (QED) is 0.728. The Morgan fingerprint density at radius 1 is 1.29 bits per heavy atom. The predicted molar refractivity (Wildman–Crippen MR) is 58.8 cm³/mol. The van der Waals surface area contributed by atoms with Gasteiger partial charge in [0.1, 0.15) is 5.15 Å². The minimum atomic E-state index is -0.201. The van der Waals surface area contributed by atoms with Gasteiger partial charge in [0.2, 0.25) is 0 Å². The summed E-state index contributed by atoms with van der Waals surface area (Å²) >= 11 is 11.7. The topological polar surface area (TPSA) is 22.1 Å². The van der Waals surface area contributed by atoms with Crippen molar-refractivity contribution in [1.29, 1.82) is 0 Å². The molecule has 14 heavy (non-hydrogen) atoms. The molecule has 0 N–H and O–H groups in total. The van der Waals surface area contributed by atoms with E-state index in [2.05, 4.69) is 4.98 Å². The molecule has 0 spiro atoms. The molecular weight excluding hydrogens is 221 g/mol. The van der Waals surface area contributed by atoms with Crippen LogP contribution in [0.1, 0.15) is 26.5 Å². The van der Waals surface area contributed by atoms with Crippen LogP contribution < -0.4 is 0 Å². The highest BCUT2D eigenvalue weighted by Gasteiger charge is 2.12. The zero-order chi connectivity index (χ0) is 10.8. The fourth-order valence-corrected chi connectivity index (χ4v) is 1.17. The third kappa shape index (κ3) is 3.82. The molecular formula is C10H13Cl2NO. The third-order valence-corrected chi connectivity index (χ3v) is 2.08. The number of rotatable bonds is 2. The molecule has 0 aromatic carbocycles. The second-order valence-electron chi connectivity index (χ2n) is 3.96. The number of hydrogen-bond acceptors (Lipinski definition) is 2. The average Bonchev–Trinajstić information content (AvgIpc) is 2.05. The summed E-state index contributed by atoms with van der Waals surface area (Å²) < 4.78 is 5.55. The van der Waals surface area contributed by atoms with Crippen molar-refractivity contribution in [3.63, 3.8) is 0 Å². The van der Waals surface area contributed by atoms with Crippen molar-refractivity contribution in [3.8, 4) is 0 Å². The van der Waals surface area contributed by atoms with Gasteiger partial charge in [-0.1, -0.05) is 23.2 Å². The van der Waals surface area contributed by atoms with Crippen molar-refractivity contribution >= 4 is 23.2 Å². The molecule has 0 fully saturated rings. The van der Waals surface area contributed by atoms with Crippen molar-refractivity contribution in [2.45, 2.75) is 33.0 Å². The summed E-state index contributed by atoms with van der Waals surface area (Å²) in [5.41, 5.74) is 0.474. The van der Waals surface area contributed by atoms with Crippen molar-refractivity contribution < 1.29 is 4.74 Å². The molecule has 1 heterocycles. The molecule has 0 radical (unpaired) electrons. The molecule has 0 unspecified atom stereocenters. The van der Waals surface area contributed by atoms with Gasteiger partial charge in [0, 0.05) is 0 Å². The summed E-state index contributed by atoms with van der Waals surface area (Å²) in [5, 5.41) is 1.01. The molecule has 78 valence electrons. The first-order valence-electron chi connectivity index (χ1n) is 4.33. The van der Waals surface area contributed by atoms with Crippen molar-refractivity contribution in [3.05, 3.63) is 28.0 Å². The molecule has 0 saturated carbocycles. The molecule has 1 rings (SSSR count). The van der Waals surface area contributed by atoms with Crippen molar-refractivity contribution in [2.24, 2.45) is 0 Å². The summed E-state index contributed by atoms with van der Waals surface area (Å²) in [4.78, 5) is 4.08. The third-order valence-electron chi connectivity index (χ3n) is 1.53. The van der Waals surface area contributed by atoms with E-state index in [1.807, 2.05) is 20.8 Å². The first-order valence-corrected chi connectivity index (χ1v) is 5.09. The van der Waals surface area contributed by atoms with E-state index in [1.54, 1.807) is 12.1 Å². The minimum absolute atomic E-state index is 0.201. The highest BCUT2D eigenvalue weighted by molar-refractivity contribution is 6.32. The van der Waals surface area contributed by atoms with Crippen LogP contribution in [0.15, 0.2) is 12.1 Å². The molecule has 0 aliphatic carbocycles. The van der Waals surface area contributed by atoms with Gasteiger partial charge in [0.05, 0.1) is 22.9 Å². The molecule has 0 amide bonds. The Bertz CT molecular complexity index is 320. The fraction of sp³-hybridized carbons (Fsp3) is 0.500. The molecule has 0 saturated heterocycles. The maximum absolute atomic E-state index is 5.92. The van der Waals surface area contributed by atoms with Crippen LogP contribution in [0.4, 0.5) is 0 Å². The predicted octanol–water partition coefficient (Wildman–Crippen LogP) is 3.70. The van der Waals surface area contributed by atoms with Gasteiger partial charge in [-0.2, -0.15) is 0 Å². The number of ether oxygens (including phenoxy) is 1. The summed E-state index contributed by atoms with van der Waals surface area (Å²) in [5.74, 6) is 0. The van der Waals surface area contributed by atoms with Crippen LogP contribution in [0.5, 0.6) is 0 Å². The van der Waals surface area contributed by atoms with E-state index in [0.717, 1.165) is 0 Å². The number of pyridine rings is 1. The molecule has 1 aromatic heterocycles. The van der Waals surface area contributed by atoms with E-state index in [1.165, 1.54) is 0 Å². The van der Waals surface area contributed by atoms with E-state index < -0.39 is 0 Å². The lowest BCUT2D eigenvalue weighted by molar-refractivity contribution is -0.0164. The Morgan fingerprint density at radius 2 is 1.93 bits per heavy atom. The van der Waals surface area contributed by atoms with Gasteiger partial charge < -0.3 is 4.74 Å². The van der Waals surface area contributed by atoms with Crippen LogP contribution >= 0.6 is 23.2 Å². The summed E-state index contributed by atoms with van der Waals surface area (Å²) in [6.45, 7) is 6.31. The van der Waals surface area contributed by atoms with E-state index in [4.69, 9.17) is 27.9 Å². The molecule has 0 bridgehead atoms. The van der Waals surface area contributed by atoms with Crippen LogP contribution in [-0.2, 0) is 11.3 Å². The Hall–Kier alpha value is -0.310. The largest absolute Gasteiger partial charge is 0.370 e. The number of hydrogen-bond donors (Lipinski definition) is 0. The van der Waals surface area contributed by atoms with Gasteiger partial charge in [-0.3, -0.25) is 0 Å². The zero-order valence-corrected chi connectivity index (χ0v) is 9.99. The molecule has 2 nitrogen and oxygen atoms in total. The van der Waals surface area contributed by atoms with Crippen molar-refractivity contribution in [2.75, 3.05) is 0 Å². The highest BCUT2D eigenvalue weighted by Crippen LogP contribution is 2.19. The lowest BCUT2D eigenvalue weighted by atomic mass is 10.2. The summed E-state index contributed by atoms with van der Waals surface area (Å²) in [7, 11) is 0. The van der Waals surface area contributed by atoms with Crippen LogP contribution in [-0.4, -0.2) is 10.6 Å². The molecule has 0 atom stereocenters. The van der Waals surface area contributed by atoms with E-state index in [0.29, 0.717) is 22.5 Å². The fourth-order valence-electron chi connectivity index (χ4n) is 0.844. The molecule has 4 heteroatoms. The number of halogens is 2. The maximum Gasteiger partial charge on any atom is 0.129 e. The summed E-state index contributed by atoms with van der Waals surface area (Å²) in [6.07, 6.45) is 0. The van der Waals surface area contributed by atoms with Gasteiger partial charge >= 0.3 is 0 Å². The highest BCUT2D eigenvalue weighted by atomic mass is 35.5. The van der Waals surface area contributed by atoms with Gasteiger partial charge in [0.25, 0.3) is 0 Å². The van der Waals surface area contributed by atoms with Crippen molar-refractivity contribution in [1.82, 2.24) is 4.98 Å². The van der Waals surface area contributed by atoms with Gasteiger partial charge in [-0.25, -0.2) is 4.98 Å². The van der Waals surface area contributed by atoms with E-state index >= 15 is 0 Å². The maximum atomic E-state index is 5.92. The molecule has 1 aromatic rings. The molecule has 0 aliphatic heterocycles. The molecule has 0 aliphatic rings. The average molecular weight is 234 g/mol. The first-order chi connectivity index (χ1) is 6.38. The second-order valence-corrected chi connectivity index (χ2v) is 4.76. The van der Waals surface area contributed by atoms with Gasteiger partial charge in [-0.05, 0) is 32.9 Å². The monoisotopic (exact) mass is 233 g/mol. The minimum Gasteiger partial charge on any atom is -0.370 e. The lowest BCUT2D eigenvalue weighted by Gasteiger charge is -2.19. The number of aromatic nitrogens is 1. The smallest absolute Gasteiger partial charge is 0.129 e. The van der Waals surface area contributed by atoms with Gasteiger partial charge in [-0.15, -0.1) is 0 Å². The van der Waals surface area contributed by atoms with Crippen LogP contribution in [0.2, 0.25) is 10.2 Å². The lowest BCUT2D eigenvalue weighted by Crippen LogP contribution is -2.19. The standard InChI is InChI=1S/C10H13Cl2NO/c1-10(2,3)14-6-8-7(11)4-5-9(12)13-8/h4-5H,6H2,1-3H3. The Kier molecular flexibility index (Phi) is 3.76. The van der Waals surface area contributed by atoms with E-state index in [9.17, 15) is 0 Å². The first kappa shape index (κ1) is 11.8. The Balaban J connectivity index is 2.72. The Morgan fingerprint density at radius 3 is 2.50 bits per heavy atom. The second kappa shape index (κ2) is 4.47. The van der Waals surface area contributed by atoms with Crippen LogP contribution in [0, 0.1) is 0 Å². The van der Waals surface area contributed by atoms with E-state index in [-0.39, 0.29) is 5.60 Å². The normalized spacial score (nSPS) is 11.8. The van der Waals surface area contributed by atoms with Gasteiger partial charge in [0.15, 0.2) is 0 Å². The zero-order valence-electron chi connectivity index (χ0n) is 8.47. The summed E-state index contributed by atoms with van der Waals surface area (Å²) in [6, 6.07) is 3.38. The number of nitrogens with zero attached hydrogens (tertiary/aromatic N) is 1. The Labute approximate surface area is 94.2 Å².